The van der Waals surface area contributed by atoms with Crippen molar-refractivity contribution in [3.8, 4) is 0 Å². The van der Waals surface area contributed by atoms with Gasteiger partial charge in [0, 0.05) is 12.1 Å². The molecule has 0 fully saturated rings. The Morgan fingerprint density at radius 1 is 1.12 bits per heavy atom. The Morgan fingerprint density at radius 3 is 2.24 bits per heavy atom. The van der Waals surface area contributed by atoms with Crippen molar-refractivity contribution in [1.29, 1.82) is 0 Å². The molecular weight excluding hydrogens is 253 g/mol. The lowest BCUT2D eigenvalue weighted by atomic mass is 9.87. The SMILES string of the molecule is CC(NC(C)C(C)(C)C)c1cccc(Cl)c1Cl. The summed E-state index contributed by atoms with van der Waals surface area (Å²) in [6, 6.07) is 6.35. The molecule has 1 rings (SSSR count). The molecule has 17 heavy (non-hydrogen) atoms. The average Bonchev–Trinajstić information content (AvgIpc) is 2.20. The highest BCUT2D eigenvalue weighted by Crippen LogP contribution is 2.31. The van der Waals surface area contributed by atoms with Crippen LogP contribution in [0.5, 0.6) is 0 Å². The number of benzene rings is 1. The quantitative estimate of drug-likeness (QED) is 0.810. The third-order valence-electron chi connectivity index (χ3n) is 3.25. The molecule has 0 radical (unpaired) electrons. The predicted octanol–water partition coefficient (Wildman–Crippen LogP) is 5.08. The van der Waals surface area contributed by atoms with Crippen LogP contribution >= 0.6 is 23.2 Å². The van der Waals surface area contributed by atoms with Gasteiger partial charge < -0.3 is 5.32 Å². The largest absolute Gasteiger partial charge is 0.307 e. The standard InChI is InChI=1S/C14H21Cl2N/c1-9(17-10(2)14(3,4)5)11-7-6-8-12(15)13(11)16/h6-10,17H,1-5H3. The van der Waals surface area contributed by atoms with Crippen LogP contribution in [0.25, 0.3) is 0 Å². The fourth-order valence-electron chi connectivity index (χ4n) is 1.57. The first-order valence-corrected chi connectivity index (χ1v) is 6.69. The molecule has 0 amide bonds. The average molecular weight is 274 g/mol. The third kappa shape index (κ3) is 3.87. The summed E-state index contributed by atoms with van der Waals surface area (Å²) in [5.74, 6) is 0. The van der Waals surface area contributed by atoms with E-state index in [1.54, 1.807) is 0 Å². The number of nitrogens with one attached hydrogen (secondary N) is 1. The van der Waals surface area contributed by atoms with Gasteiger partial charge in [-0.1, -0.05) is 56.1 Å². The fraction of sp³-hybridized carbons (Fsp3) is 0.571. The summed E-state index contributed by atoms with van der Waals surface area (Å²) in [6.45, 7) is 11.0. The van der Waals surface area contributed by atoms with Crippen LogP contribution in [-0.4, -0.2) is 6.04 Å². The molecule has 1 aromatic carbocycles. The normalized spacial score (nSPS) is 15.7. The third-order valence-corrected chi connectivity index (χ3v) is 4.08. The Hall–Kier alpha value is -0.240. The van der Waals surface area contributed by atoms with E-state index in [4.69, 9.17) is 23.2 Å². The van der Waals surface area contributed by atoms with Crippen LogP contribution in [0.2, 0.25) is 10.0 Å². The molecule has 0 aliphatic heterocycles. The molecule has 0 aromatic heterocycles. The molecule has 3 heteroatoms. The maximum Gasteiger partial charge on any atom is 0.0639 e. The molecule has 2 atom stereocenters. The van der Waals surface area contributed by atoms with Gasteiger partial charge in [0.05, 0.1) is 10.0 Å². The van der Waals surface area contributed by atoms with E-state index in [0.29, 0.717) is 16.1 Å². The molecule has 1 N–H and O–H groups in total. The Bertz CT molecular complexity index is 382. The minimum absolute atomic E-state index is 0.190. The summed E-state index contributed by atoms with van der Waals surface area (Å²) in [5.41, 5.74) is 1.27. The lowest BCUT2D eigenvalue weighted by Crippen LogP contribution is -2.39. The van der Waals surface area contributed by atoms with Gasteiger partial charge in [-0.05, 0) is 30.9 Å². The molecule has 96 valence electrons. The molecule has 0 aliphatic carbocycles. The highest BCUT2D eigenvalue weighted by molar-refractivity contribution is 6.42. The Balaban J connectivity index is 2.84. The molecule has 0 heterocycles. The first-order valence-electron chi connectivity index (χ1n) is 5.93. The molecule has 0 saturated carbocycles. The van der Waals surface area contributed by atoms with Crippen molar-refractivity contribution in [2.24, 2.45) is 5.41 Å². The van der Waals surface area contributed by atoms with Crippen LogP contribution in [0.4, 0.5) is 0 Å². The maximum absolute atomic E-state index is 6.21. The molecule has 2 unspecified atom stereocenters. The lowest BCUT2D eigenvalue weighted by Gasteiger charge is -2.31. The first kappa shape index (κ1) is 14.8. The zero-order chi connectivity index (χ0) is 13.2. The van der Waals surface area contributed by atoms with Gasteiger partial charge in [-0.25, -0.2) is 0 Å². The summed E-state index contributed by atoms with van der Waals surface area (Å²) < 4.78 is 0. The predicted molar refractivity (Wildman–Crippen MR) is 76.9 cm³/mol. The van der Waals surface area contributed by atoms with Gasteiger partial charge in [-0.15, -0.1) is 0 Å². The number of halogens is 2. The Labute approximate surface area is 115 Å². The molecule has 0 bridgehead atoms. The molecule has 0 spiro atoms. The van der Waals surface area contributed by atoms with E-state index in [1.165, 1.54) is 0 Å². The van der Waals surface area contributed by atoms with E-state index in [-0.39, 0.29) is 11.5 Å². The fourth-order valence-corrected chi connectivity index (χ4v) is 2.04. The molecule has 1 aromatic rings. The summed E-state index contributed by atoms with van der Waals surface area (Å²) in [4.78, 5) is 0. The summed E-state index contributed by atoms with van der Waals surface area (Å²) >= 11 is 12.2. The van der Waals surface area contributed by atoms with E-state index in [1.807, 2.05) is 18.2 Å². The molecule has 1 nitrogen and oxygen atoms in total. The second-order valence-electron chi connectivity index (χ2n) is 5.62. The van der Waals surface area contributed by atoms with Crippen LogP contribution in [0.3, 0.4) is 0 Å². The van der Waals surface area contributed by atoms with E-state index in [9.17, 15) is 0 Å². The summed E-state index contributed by atoms with van der Waals surface area (Å²) in [5, 5.41) is 4.82. The second kappa shape index (κ2) is 5.60. The number of hydrogen-bond acceptors (Lipinski definition) is 1. The smallest absolute Gasteiger partial charge is 0.0639 e. The van der Waals surface area contributed by atoms with Crippen LogP contribution in [0.1, 0.15) is 46.2 Å². The monoisotopic (exact) mass is 273 g/mol. The van der Waals surface area contributed by atoms with Gasteiger partial charge in [-0.3, -0.25) is 0 Å². The van der Waals surface area contributed by atoms with Crippen LogP contribution in [-0.2, 0) is 0 Å². The van der Waals surface area contributed by atoms with Gasteiger partial charge in [0.2, 0.25) is 0 Å². The van der Waals surface area contributed by atoms with Gasteiger partial charge in [0.1, 0.15) is 0 Å². The highest BCUT2D eigenvalue weighted by atomic mass is 35.5. The maximum atomic E-state index is 6.21. The molecular formula is C14H21Cl2N. The number of rotatable bonds is 3. The van der Waals surface area contributed by atoms with Crippen LogP contribution in [0.15, 0.2) is 18.2 Å². The van der Waals surface area contributed by atoms with Crippen molar-refractivity contribution in [2.75, 3.05) is 0 Å². The first-order chi connectivity index (χ1) is 7.73. The lowest BCUT2D eigenvalue weighted by molar-refractivity contribution is 0.268. The van der Waals surface area contributed by atoms with Crippen molar-refractivity contribution in [2.45, 2.75) is 46.7 Å². The van der Waals surface area contributed by atoms with Crippen LogP contribution in [0, 0.1) is 5.41 Å². The van der Waals surface area contributed by atoms with Gasteiger partial charge in [0.25, 0.3) is 0 Å². The molecule has 0 saturated heterocycles. The number of hydrogen-bond donors (Lipinski definition) is 1. The minimum atomic E-state index is 0.190. The minimum Gasteiger partial charge on any atom is -0.307 e. The Kier molecular flexibility index (Phi) is 4.88. The van der Waals surface area contributed by atoms with Crippen molar-refractivity contribution in [1.82, 2.24) is 5.32 Å². The van der Waals surface area contributed by atoms with E-state index >= 15 is 0 Å². The van der Waals surface area contributed by atoms with Crippen molar-refractivity contribution < 1.29 is 0 Å². The van der Waals surface area contributed by atoms with Crippen molar-refractivity contribution in [3.63, 3.8) is 0 Å². The zero-order valence-corrected chi connectivity index (χ0v) is 12.7. The Morgan fingerprint density at radius 2 is 1.71 bits per heavy atom. The van der Waals surface area contributed by atoms with Gasteiger partial charge in [0.15, 0.2) is 0 Å². The molecule has 0 aliphatic rings. The topological polar surface area (TPSA) is 12.0 Å². The van der Waals surface area contributed by atoms with Gasteiger partial charge in [-0.2, -0.15) is 0 Å². The van der Waals surface area contributed by atoms with Crippen molar-refractivity contribution >= 4 is 23.2 Å². The van der Waals surface area contributed by atoms with E-state index < -0.39 is 0 Å². The highest BCUT2D eigenvalue weighted by Gasteiger charge is 2.22. The zero-order valence-electron chi connectivity index (χ0n) is 11.1. The van der Waals surface area contributed by atoms with E-state index in [2.05, 4.69) is 39.9 Å². The second-order valence-corrected chi connectivity index (χ2v) is 6.40. The summed E-state index contributed by atoms with van der Waals surface area (Å²) in [7, 11) is 0. The van der Waals surface area contributed by atoms with Gasteiger partial charge >= 0.3 is 0 Å². The van der Waals surface area contributed by atoms with Crippen molar-refractivity contribution in [3.05, 3.63) is 33.8 Å². The van der Waals surface area contributed by atoms with E-state index in [0.717, 1.165) is 5.56 Å². The summed E-state index contributed by atoms with van der Waals surface area (Å²) in [6.07, 6.45) is 0. The van der Waals surface area contributed by atoms with Crippen LogP contribution < -0.4 is 5.32 Å².